The van der Waals surface area contributed by atoms with Crippen LogP contribution in [0.4, 0.5) is 5.69 Å². The number of benzene rings is 1. The van der Waals surface area contributed by atoms with Gasteiger partial charge in [0.05, 0.1) is 0 Å². The number of guanidine groups is 2. The maximum absolute atomic E-state index is 6.65. The SMILES string of the molecule is CCN1CCCC1CN1C(NC2CCCCCC2)=NC(N(C)c2ccc(Cl)cc2)=NC1N. The third-order valence-corrected chi connectivity index (χ3v) is 7.31. The van der Waals surface area contributed by atoms with Gasteiger partial charge in [0.2, 0.25) is 11.9 Å². The van der Waals surface area contributed by atoms with Crippen LogP contribution >= 0.6 is 11.6 Å². The van der Waals surface area contributed by atoms with Crippen LogP contribution in [0.1, 0.15) is 58.3 Å². The molecule has 0 bridgehead atoms. The van der Waals surface area contributed by atoms with Crippen LogP contribution in [0.3, 0.4) is 0 Å². The van der Waals surface area contributed by atoms with Crippen molar-refractivity contribution in [3.8, 4) is 0 Å². The third kappa shape index (κ3) is 5.56. The number of rotatable bonds is 5. The number of halogens is 1. The molecule has 32 heavy (non-hydrogen) atoms. The van der Waals surface area contributed by atoms with Crippen LogP contribution in [0.2, 0.25) is 5.02 Å². The van der Waals surface area contributed by atoms with Crippen molar-refractivity contribution in [3.05, 3.63) is 29.3 Å². The van der Waals surface area contributed by atoms with E-state index in [4.69, 9.17) is 27.3 Å². The van der Waals surface area contributed by atoms with Gasteiger partial charge >= 0.3 is 0 Å². The van der Waals surface area contributed by atoms with E-state index in [-0.39, 0.29) is 0 Å². The lowest BCUT2D eigenvalue weighted by Gasteiger charge is -2.38. The molecule has 1 saturated carbocycles. The second kappa shape index (κ2) is 10.9. The van der Waals surface area contributed by atoms with E-state index >= 15 is 0 Å². The number of likely N-dealkylation sites (N-methyl/N-ethyl adjacent to an activating group) is 1. The smallest absolute Gasteiger partial charge is 0.231 e. The molecule has 2 atom stereocenters. The first kappa shape index (κ1) is 23.3. The topological polar surface area (TPSA) is 72.5 Å². The summed E-state index contributed by atoms with van der Waals surface area (Å²) in [5.41, 5.74) is 7.64. The zero-order valence-corrected chi connectivity index (χ0v) is 20.3. The molecule has 0 aromatic heterocycles. The van der Waals surface area contributed by atoms with Crippen LogP contribution in [-0.4, -0.2) is 66.8 Å². The molecule has 1 aliphatic carbocycles. The summed E-state index contributed by atoms with van der Waals surface area (Å²) in [7, 11) is 1.98. The molecule has 2 heterocycles. The summed E-state index contributed by atoms with van der Waals surface area (Å²) in [6.45, 7) is 5.34. The molecule has 1 aromatic carbocycles. The van der Waals surface area contributed by atoms with E-state index < -0.39 is 6.29 Å². The first-order valence-electron chi connectivity index (χ1n) is 12.2. The number of nitrogens with two attached hydrogens (primary N) is 1. The zero-order valence-electron chi connectivity index (χ0n) is 19.5. The minimum absolute atomic E-state index is 0.442. The third-order valence-electron chi connectivity index (χ3n) is 7.06. The van der Waals surface area contributed by atoms with Crippen molar-refractivity contribution in [2.45, 2.75) is 76.7 Å². The van der Waals surface area contributed by atoms with E-state index in [0.29, 0.717) is 23.1 Å². The van der Waals surface area contributed by atoms with Crippen LogP contribution in [0.25, 0.3) is 0 Å². The number of likely N-dealkylation sites (tertiary alicyclic amines) is 1. The number of nitrogens with one attached hydrogen (secondary N) is 1. The highest BCUT2D eigenvalue weighted by molar-refractivity contribution is 6.30. The Balaban J connectivity index is 1.57. The highest BCUT2D eigenvalue weighted by Crippen LogP contribution is 2.23. The molecule has 1 saturated heterocycles. The molecular formula is C24H38ClN7. The fraction of sp³-hybridized carbons (Fsp3) is 0.667. The van der Waals surface area contributed by atoms with Gasteiger partial charge < -0.3 is 15.1 Å². The summed E-state index contributed by atoms with van der Waals surface area (Å²) in [6.07, 6.45) is 9.57. The maximum Gasteiger partial charge on any atom is 0.231 e. The van der Waals surface area contributed by atoms with Crippen molar-refractivity contribution in [2.75, 3.05) is 31.6 Å². The normalized spacial score (nSPS) is 25.3. The molecule has 2 aliphatic heterocycles. The molecule has 7 nitrogen and oxygen atoms in total. The van der Waals surface area contributed by atoms with Crippen molar-refractivity contribution in [1.29, 1.82) is 0 Å². The van der Waals surface area contributed by atoms with E-state index in [1.54, 1.807) is 0 Å². The monoisotopic (exact) mass is 459 g/mol. The van der Waals surface area contributed by atoms with Crippen LogP contribution < -0.4 is 16.0 Å². The number of aliphatic imine (C=N–C) groups is 2. The van der Waals surface area contributed by atoms with E-state index in [2.05, 4.69) is 22.0 Å². The summed E-state index contributed by atoms with van der Waals surface area (Å²) < 4.78 is 0. The van der Waals surface area contributed by atoms with Gasteiger partial charge in [0.15, 0.2) is 6.29 Å². The summed E-state index contributed by atoms with van der Waals surface area (Å²) in [5, 5.41) is 4.49. The van der Waals surface area contributed by atoms with Crippen molar-refractivity contribution >= 4 is 29.2 Å². The summed E-state index contributed by atoms with van der Waals surface area (Å²) >= 11 is 6.08. The van der Waals surface area contributed by atoms with Gasteiger partial charge in [-0.1, -0.05) is 44.2 Å². The molecule has 176 valence electrons. The lowest BCUT2D eigenvalue weighted by atomic mass is 10.1. The van der Waals surface area contributed by atoms with E-state index in [1.165, 1.54) is 57.9 Å². The first-order chi connectivity index (χ1) is 15.5. The van der Waals surface area contributed by atoms with Gasteiger partial charge in [0.1, 0.15) is 0 Å². The zero-order chi connectivity index (χ0) is 22.5. The van der Waals surface area contributed by atoms with Crippen LogP contribution in [-0.2, 0) is 0 Å². The average Bonchev–Trinajstić information content (AvgIpc) is 3.09. The Labute approximate surface area is 197 Å². The molecule has 0 spiro atoms. The minimum Gasteiger partial charge on any atom is -0.353 e. The Bertz CT molecular complexity index is 801. The highest BCUT2D eigenvalue weighted by Gasteiger charge is 2.32. The fourth-order valence-electron chi connectivity index (χ4n) is 5.10. The Hall–Kier alpha value is -1.83. The standard InChI is InChI=1S/C24H38ClN7/c1-3-31-16-8-11-21(31)17-32-22(26)28-23(30(2)20-14-12-18(25)13-15-20)29-24(32)27-19-9-6-4-5-7-10-19/h12-15,19,21-22H,3-11,16-17,26H2,1-2H3,(H,27,28,29). The number of nitrogens with zero attached hydrogens (tertiary/aromatic N) is 5. The summed E-state index contributed by atoms with van der Waals surface area (Å²) in [4.78, 5) is 16.5. The van der Waals surface area contributed by atoms with E-state index in [1.807, 2.05) is 36.2 Å². The largest absolute Gasteiger partial charge is 0.353 e. The summed E-state index contributed by atoms with van der Waals surface area (Å²) in [6, 6.07) is 8.67. The summed E-state index contributed by atoms with van der Waals surface area (Å²) in [5.74, 6) is 1.50. The average molecular weight is 460 g/mol. The molecule has 8 heteroatoms. The molecule has 0 radical (unpaired) electrons. The van der Waals surface area contributed by atoms with Crippen molar-refractivity contribution in [3.63, 3.8) is 0 Å². The quantitative estimate of drug-likeness (QED) is 0.654. The van der Waals surface area contributed by atoms with Gasteiger partial charge in [-0.2, -0.15) is 4.99 Å². The van der Waals surface area contributed by atoms with Gasteiger partial charge in [-0.3, -0.25) is 10.6 Å². The van der Waals surface area contributed by atoms with Crippen LogP contribution in [0.15, 0.2) is 34.3 Å². The molecule has 1 aromatic rings. The van der Waals surface area contributed by atoms with Crippen LogP contribution in [0.5, 0.6) is 0 Å². The molecule has 4 rings (SSSR count). The number of anilines is 1. The highest BCUT2D eigenvalue weighted by atomic mass is 35.5. The molecule has 0 amide bonds. The predicted molar refractivity (Wildman–Crippen MR) is 134 cm³/mol. The molecule has 2 fully saturated rings. The van der Waals surface area contributed by atoms with Gasteiger partial charge in [-0.05, 0) is 63.0 Å². The van der Waals surface area contributed by atoms with Gasteiger partial charge in [-0.25, -0.2) is 4.99 Å². The van der Waals surface area contributed by atoms with Crippen molar-refractivity contribution < 1.29 is 0 Å². The molecule has 3 N–H and O–H groups in total. The van der Waals surface area contributed by atoms with E-state index in [9.17, 15) is 0 Å². The number of hydrogen-bond donors (Lipinski definition) is 2. The molecule has 3 aliphatic rings. The fourth-order valence-corrected chi connectivity index (χ4v) is 5.23. The van der Waals surface area contributed by atoms with Gasteiger partial charge in [0, 0.05) is 36.4 Å². The minimum atomic E-state index is -0.454. The van der Waals surface area contributed by atoms with Gasteiger partial charge in [0.25, 0.3) is 0 Å². The Morgan fingerprint density at radius 3 is 2.50 bits per heavy atom. The lowest BCUT2D eigenvalue weighted by Crippen LogP contribution is -2.59. The Morgan fingerprint density at radius 1 is 1.09 bits per heavy atom. The Morgan fingerprint density at radius 2 is 1.81 bits per heavy atom. The second-order valence-corrected chi connectivity index (χ2v) is 9.66. The predicted octanol–water partition coefficient (Wildman–Crippen LogP) is 3.84. The first-order valence-corrected chi connectivity index (χ1v) is 12.6. The van der Waals surface area contributed by atoms with Crippen LogP contribution in [0, 0.1) is 0 Å². The van der Waals surface area contributed by atoms with Crippen molar-refractivity contribution in [2.24, 2.45) is 15.7 Å². The van der Waals surface area contributed by atoms with Crippen molar-refractivity contribution in [1.82, 2.24) is 15.1 Å². The molecule has 2 unspecified atom stereocenters. The molecular weight excluding hydrogens is 422 g/mol. The Kier molecular flexibility index (Phi) is 7.92. The lowest BCUT2D eigenvalue weighted by molar-refractivity contribution is 0.194. The van der Waals surface area contributed by atoms with Gasteiger partial charge in [-0.15, -0.1) is 0 Å². The number of hydrogen-bond acceptors (Lipinski definition) is 7. The van der Waals surface area contributed by atoms with E-state index in [0.717, 1.165) is 24.7 Å². The maximum atomic E-state index is 6.65. The second-order valence-electron chi connectivity index (χ2n) is 9.22.